The highest BCUT2D eigenvalue weighted by Gasteiger charge is 2.20. The molecular formula is C20H31N5O3. The van der Waals surface area contributed by atoms with Crippen LogP contribution in [0.5, 0.6) is 0 Å². The van der Waals surface area contributed by atoms with Crippen LogP contribution in [0.1, 0.15) is 44.6 Å². The summed E-state index contributed by atoms with van der Waals surface area (Å²) < 4.78 is 5.13. The zero-order chi connectivity index (χ0) is 20.6. The second-order valence-corrected chi connectivity index (χ2v) is 6.43. The van der Waals surface area contributed by atoms with E-state index in [9.17, 15) is 9.59 Å². The van der Waals surface area contributed by atoms with E-state index in [1.54, 1.807) is 0 Å². The van der Waals surface area contributed by atoms with Gasteiger partial charge in [-0.3, -0.25) is 4.79 Å². The predicted molar refractivity (Wildman–Crippen MR) is 108 cm³/mol. The Morgan fingerprint density at radius 2 is 2.00 bits per heavy atom. The van der Waals surface area contributed by atoms with Gasteiger partial charge in [-0.25, -0.2) is 10.3 Å². The molecule has 0 saturated carbocycles. The number of carbonyl (C=O) groups excluding carboxylic acids is 2. The molecule has 0 aromatic heterocycles. The van der Waals surface area contributed by atoms with Crippen LogP contribution in [0.4, 0.5) is 4.79 Å². The van der Waals surface area contributed by atoms with Gasteiger partial charge < -0.3 is 21.1 Å². The van der Waals surface area contributed by atoms with Crippen molar-refractivity contribution >= 4 is 12.0 Å². The molecule has 1 aromatic carbocycles. The Morgan fingerprint density at radius 3 is 2.64 bits per heavy atom. The van der Waals surface area contributed by atoms with E-state index in [-0.39, 0.29) is 12.1 Å². The highest BCUT2D eigenvalue weighted by Crippen LogP contribution is 2.08. The van der Waals surface area contributed by atoms with Crippen LogP contribution in [0.3, 0.4) is 0 Å². The summed E-state index contributed by atoms with van der Waals surface area (Å²) in [5.74, 6) is -0.605. The molecule has 0 aliphatic heterocycles. The van der Waals surface area contributed by atoms with Crippen molar-refractivity contribution in [3.05, 3.63) is 47.8 Å². The van der Waals surface area contributed by atoms with Crippen molar-refractivity contribution < 1.29 is 14.3 Å². The molecule has 154 valence electrons. The summed E-state index contributed by atoms with van der Waals surface area (Å²) in [6.07, 6.45) is 5.46. The summed E-state index contributed by atoms with van der Waals surface area (Å²) in [6, 6.07) is 9.12. The lowest BCUT2D eigenvalue weighted by molar-refractivity contribution is -0.118. The summed E-state index contributed by atoms with van der Waals surface area (Å²) >= 11 is 0. The van der Waals surface area contributed by atoms with E-state index < -0.39 is 18.0 Å². The molecule has 1 atom stereocenters. The van der Waals surface area contributed by atoms with Crippen molar-refractivity contribution in [1.82, 2.24) is 10.6 Å². The molecule has 8 heteroatoms. The standard InChI is InChI=1S/C20H31N5O3/c1-2-3-4-8-13-28-20(27)24-17(14-19(21)26)18(25-22)15-23-12-11-16-9-6-5-7-10-16/h5-7,9-10,15,17,22-23H,2-4,8,11-14H2,1H3,(H2,21,26)(H,24,27)/b18-15-,25-22?. The molecule has 28 heavy (non-hydrogen) atoms. The molecule has 5 N–H and O–H groups in total. The average Bonchev–Trinajstić information content (AvgIpc) is 2.68. The fraction of sp³-hybridized carbons (Fsp3) is 0.500. The molecule has 1 rings (SSSR count). The van der Waals surface area contributed by atoms with Gasteiger partial charge in [0.1, 0.15) is 5.70 Å². The first-order valence-corrected chi connectivity index (χ1v) is 9.63. The third kappa shape index (κ3) is 10.3. The van der Waals surface area contributed by atoms with Crippen LogP contribution in [0.25, 0.3) is 0 Å². The normalized spacial score (nSPS) is 12.1. The van der Waals surface area contributed by atoms with Gasteiger partial charge in [-0.15, -0.1) is 0 Å². The first kappa shape index (κ1) is 23.1. The third-order valence-electron chi connectivity index (χ3n) is 4.07. The van der Waals surface area contributed by atoms with Crippen molar-refractivity contribution in [3.63, 3.8) is 0 Å². The smallest absolute Gasteiger partial charge is 0.407 e. The number of hydrogen-bond acceptors (Lipinski definition) is 6. The molecule has 1 unspecified atom stereocenters. The lowest BCUT2D eigenvalue weighted by Crippen LogP contribution is -2.39. The minimum atomic E-state index is -0.817. The summed E-state index contributed by atoms with van der Waals surface area (Å²) in [4.78, 5) is 23.3. The number of primary amides is 1. The Hall–Kier alpha value is -2.90. The molecule has 0 saturated heterocycles. The van der Waals surface area contributed by atoms with Crippen LogP contribution in [0, 0.1) is 5.53 Å². The molecule has 8 nitrogen and oxygen atoms in total. The summed E-state index contributed by atoms with van der Waals surface area (Å²) in [5, 5.41) is 9.05. The number of rotatable bonds is 14. The zero-order valence-electron chi connectivity index (χ0n) is 16.4. The molecule has 0 aliphatic carbocycles. The van der Waals surface area contributed by atoms with Crippen molar-refractivity contribution in [3.8, 4) is 0 Å². The number of nitrogens with one attached hydrogen (secondary N) is 3. The highest BCUT2D eigenvalue weighted by atomic mass is 16.5. The van der Waals surface area contributed by atoms with Crippen molar-refractivity contribution in [2.45, 2.75) is 51.5 Å². The van der Waals surface area contributed by atoms with Crippen LogP contribution >= 0.6 is 0 Å². The minimum Gasteiger partial charge on any atom is -0.450 e. The minimum absolute atomic E-state index is 0.167. The number of ether oxygens (including phenoxy) is 1. The van der Waals surface area contributed by atoms with E-state index in [1.165, 1.54) is 11.8 Å². The highest BCUT2D eigenvalue weighted by molar-refractivity contribution is 5.76. The van der Waals surface area contributed by atoms with Crippen molar-refractivity contribution in [2.24, 2.45) is 10.8 Å². The number of nitrogens with zero attached hydrogens (tertiary/aromatic N) is 1. The second kappa shape index (κ2) is 14.2. The van der Waals surface area contributed by atoms with Gasteiger partial charge >= 0.3 is 6.09 Å². The van der Waals surface area contributed by atoms with Gasteiger partial charge in [0.2, 0.25) is 5.91 Å². The SMILES string of the molecule is CCCCCCOC(=O)NC(CC(N)=O)/C(=C/NCCc1ccccc1)N=N. The van der Waals surface area contributed by atoms with E-state index in [0.717, 1.165) is 32.1 Å². The Balaban J connectivity index is 2.54. The maximum absolute atomic E-state index is 12.0. The largest absolute Gasteiger partial charge is 0.450 e. The molecular weight excluding hydrogens is 358 g/mol. The number of unbranched alkanes of at least 4 members (excludes halogenated alkanes) is 3. The summed E-state index contributed by atoms with van der Waals surface area (Å²) in [5.41, 5.74) is 14.0. The van der Waals surface area contributed by atoms with Crippen LogP contribution < -0.4 is 16.4 Å². The maximum Gasteiger partial charge on any atom is 0.407 e. The van der Waals surface area contributed by atoms with Gasteiger partial charge in [0.05, 0.1) is 19.1 Å². The quantitative estimate of drug-likeness (QED) is 0.287. The Morgan fingerprint density at radius 1 is 1.25 bits per heavy atom. The number of amides is 2. The fourth-order valence-corrected chi connectivity index (χ4v) is 2.56. The van der Waals surface area contributed by atoms with Gasteiger partial charge in [-0.1, -0.05) is 56.5 Å². The number of benzene rings is 1. The van der Waals surface area contributed by atoms with Crippen LogP contribution in [0.15, 0.2) is 47.3 Å². The van der Waals surface area contributed by atoms with E-state index in [4.69, 9.17) is 16.0 Å². The molecule has 0 fully saturated rings. The topological polar surface area (TPSA) is 130 Å². The first-order valence-electron chi connectivity index (χ1n) is 9.63. The number of hydrogen-bond donors (Lipinski definition) is 4. The zero-order valence-corrected chi connectivity index (χ0v) is 16.4. The van der Waals surface area contributed by atoms with Gasteiger partial charge in [0, 0.05) is 12.7 Å². The lowest BCUT2D eigenvalue weighted by Gasteiger charge is -2.17. The first-order chi connectivity index (χ1) is 13.6. The second-order valence-electron chi connectivity index (χ2n) is 6.43. The van der Waals surface area contributed by atoms with E-state index in [2.05, 4.69) is 22.7 Å². The average molecular weight is 390 g/mol. The van der Waals surface area contributed by atoms with Gasteiger partial charge in [0.25, 0.3) is 0 Å². The third-order valence-corrected chi connectivity index (χ3v) is 4.07. The Kier molecular flexibility index (Phi) is 11.7. The molecule has 0 aliphatic rings. The maximum atomic E-state index is 12.0. The van der Waals surface area contributed by atoms with Gasteiger partial charge in [0.15, 0.2) is 0 Å². The number of carbonyl (C=O) groups is 2. The predicted octanol–water partition coefficient (Wildman–Crippen LogP) is 3.24. The lowest BCUT2D eigenvalue weighted by atomic mass is 10.1. The molecule has 0 heterocycles. The Bertz CT molecular complexity index is 634. The summed E-state index contributed by atoms with van der Waals surface area (Å²) in [6.45, 7) is 3.03. The number of alkyl carbamates (subject to hydrolysis) is 1. The van der Waals surface area contributed by atoms with E-state index in [1.807, 2.05) is 30.3 Å². The summed E-state index contributed by atoms with van der Waals surface area (Å²) in [7, 11) is 0. The number of nitrogens with two attached hydrogens (primary N) is 1. The molecule has 0 bridgehead atoms. The van der Waals surface area contributed by atoms with Crippen LogP contribution in [0.2, 0.25) is 0 Å². The van der Waals surface area contributed by atoms with E-state index in [0.29, 0.717) is 13.2 Å². The molecule has 0 radical (unpaired) electrons. The van der Waals surface area contributed by atoms with Crippen LogP contribution in [-0.2, 0) is 16.0 Å². The van der Waals surface area contributed by atoms with Gasteiger partial charge in [-0.2, -0.15) is 5.11 Å². The van der Waals surface area contributed by atoms with Crippen molar-refractivity contribution in [2.75, 3.05) is 13.2 Å². The monoisotopic (exact) mass is 389 g/mol. The van der Waals surface area contributed by atoms with Crippen molar-refractivity contribution in [1.29, 1.82) is 5.53 Å². The molecule has 1 aromatic rings. The van der Waals surface area contributed by atoms with Crippen LogP contribution in [-0.4, -0.2) is 31.2 Å². The fourth-order valence-electron chi connectivity index (χ4n) is 2.56. The Labute approximate surface area is 166 Å². The molecule has 2 amide bonds. The molecule has 0 spiro atoms. The van der Waals surface area contributed by atoms with Gasteiger partial charge in [-0.05, 0) is 18.4 Å². The van der Waals surface area contributed by atoms with E-state index >= 15 is 0 Å².